The molecule has 0 spiro atoms. The van der Waals surface area contributed by atoms with Crippen LogP contribution < -0.4 is 4.31 Å². The van der Waals surface area contributed by atoms with Crippen molar-refractivity contribution in [1.29, 1.82) is 0 Å². The van der Waals surface area contributed by atoms with Crippen LogP contribution in [0.2, 0.25) is 10.0 Å². The maximum atomic E-state index is 12.9. The van der Waals surface area contributed by atoms with Crippen LogP contribution in [-0.2, 0) is 15.7 Å². The van der Waals surface area contributed by atoms with Crippen LogP contribution in [0.5, 0.6) is 0 Å². The number of rotatable bonds is 4. The number of nitrogens with zero attached hydrogens (tertiary/aromatic N) is 2. The number of carbonyl (C=O) groups excluding carboxylic acids is 1. The predicted octanol–water partition coefficient (Wildman–Crippen LogP) is 4.91. The third kappa shape index (κ3) is 4.93. The van der Waals surface area contributed by atoms with Crippen molar-refractivity contribution in [2.45, 2.75) is 20.0 Å². The summed E-state index contributed by atoms with van der Waals surface area (Å²) in [6, 6.07) is 1.35. The highest BCUT2D eigenvalue weighted by atomic mass is 35.5. The van der Waals surface area contributed by atoms with E-state index in [-0.39, 0.29) is 41.3 Å². The van der Waals surface area contributed by atoms with E-state index in [1.807, 2.05) is 0 Å². The summed E-state index contributed by atoms with van der Waals surface area (Å²) in [6.45, 7) is 3.38. The summed E-state index contributed by atoms with van der Waals surface area (Å²) < 4.78 is 67.2. The second-order valence-corrected chi connectivity index (χ2v) is 8.82. The molecule has 1 aliphatic heterocycles. The van der Waals surface area contributed by atoms with Gasteiger partial charge in [0.05, 0.1) is 27.9 Å². The van der Waals surface area contributed by atoms with Gasteiger partial charge in [0.15, 0.2) is 0 Å². The minimum Gasteiger partial charge on any atom is -0.465 e. The van der Waals surface area contributed by atoms with Crippen molar-refractivity contribution >= 4 is 45.8 Å². The van der Waals surface area contributed by atoms with Crippen LogP contribution in [0.3, 0.4) is 0 Å². The summed E-state index contributed by atoms with van der Waals surface area (Å²) in [7, 11) is -3.74. The summed E-state index contributed by atoms with van der Waals surface area (Å²) in [5.74, 6) is -0.815. The Bertz CT molecular complexity index is 698. The molecule has 1 saturated heterocycles. The van der Waals surface area contributed by atoms with E-state index in [4.69, 9.17) is 27.9 Å². The third-order valence-electron chi connectivity index (χ3n) is 3.84. The number of halogens is 5. The molecule has 0 aliphatic carbocycles. The molecule has 6 nitrogen and oxygen atoms in total. The molecule has 0 radical (unpaired) electrons. The van der Waals surface area contributed by atoms with Crippen LogP contribution in [0.15, 0.2) is 12.1 Å². The number of benzene rings is 1. The average molecular weight is 451 g/mol. The highest BCUT2D eigenvalue weighted by molar-refractivity contribution is 8.23. The van der Waals surface area contributed by atoms with E-state index in [0.717, 1.165) is 8.61 Å². The van der Waals surface area contributed by atoms with Crippen LogP contribution in [0.4, 0.5) is 18.9 Å². The van der Waals surface area contributed by atoms with Crippen LogP contribution in [-0.4, -0.2) is 45.6 Å². The molecular formula is C15H19Cl2F3N2O4S. The standard InChI is InChI=1S/C15H19Cl2F3N2O4S/c1-3-26-13(23)8-21-6-9(2)7-22(27(21,24)25)14-11(16)4-10(5-12(14)17)15(18,19)20/h4-5,9,24-25H,3,6-8H2,1-2H3. The van der Waals surface area contributed by atoms with Crippen molar-refractivity contribution in [1.82, 2.24) is 4.31 Å². The second kappa shape index (κ2) is 8.22. The van der Waals surface area contributed by atoms with E-state index in [1.165, 1.54) is 0 Å². The predicted molar refractivity (Wildman–Crippen MR) is 99.0 cm³/mol. The first-order valence-electron chi connectivity index (χ1n) is 7.90. The first kappa shape index (κ1) is 22.4. The molecule has 27 heavy (non-hydrogen) atoms. The van der Waals surface area contributed by atoms with Gasteiger partial charge in [-0.1, -0.05) is 30.1 Å². The Morgan fingerprint density at radius 2 is 1.85 bits per heavy atom. The zero-order chi connectivity index (χ0) is 20.6. The zero-order valence-corrected chi connectivity index (χ0v) is 16.8. The number of alkyl halides is 3. The SMILES string of the molecule is CCOC(=O)CN1CC(C)CN(c2c(Cl)cc(C(F)(F)F)cc2Cl)S1(O)O. The van der Waals surface area contributed by atoms with Gasteiger partial charge in [-0.3, -0.25) is 18.2 Å². The molecule has 1 unspecified atom stereocenters. The maximum Gasteiger partial charge on any atom is 0.416 e. The molecule has 1 aromatic rings. The fourth-order valence-electron chi connectivity index (χ4n) is 2.71. The van der Waals surface area contributed by atoms with E-state index in [2.05, 4.69) is 0 Å². The second-order valence-electron chi connectivity index (χ2n) is 6.07. The fraction of sp³-hybridized carbons (Fsp3) is 0.533. The molecule has 2 rings (SSSR count). The van der Waals surface area contributed by atoms with Gasteiger partial charge >= 0.3 is 12.1 Å². The lowest BCUT2D eigenvalue weighted by Gasteiger charge is -2.55. The van der Waals surface area contributed by atoms with Gasteiger partial charge in [0, 0.05) is 13.1 Å². The Balaban J connectivity index is 2.43. The normalized spacial score (nSPS) is 21.8. The van der Waals surface area contributed by atoms with E-state index < -0.39 is 35.2 Å². The van der Waals surface area contributed by atoms with Crippen molar-refractivity contribution in [2.75, 3.05) is 30.5 Å². The van der Waals surface area contributed by atoms with Gasteiger partial charge in [-0.05, 0) is 35.9 Å². The van der Waals surface area contributed by atoms with E-state index in [1.54, 1.807) is 13.8 Å². The number of esters is 1. The van der Waals surface area contributed by atoms with Gasteiger partial charge in [0.2, 0.25) is 0 Å². The summed E-state index contributed by atoms with van der Waals surface area (Å²) >= 11 is 12.0. The van der Waals surface area contributed by atoms with E-state index >= 15 is 0 Å². The Kier molecular flexibility index (Phi) is 6.81. The average Bonchev–Trinajstić information content (AvgIpc) is 2.50. The first-order chi connectivity index (χ1) is 12.4. The van der Waals surface area contributed by atoms with Crippen LogP contribution in [0.25, 0.3) is 0 Å². The van der Waals surface area contributed by atoms with Crippen molar-refractivity contribution in [3.63, 3.8) is 0 Å². The fourth-order valence-corrected chi connectivity index (χ4v) is 5.41. The molecule has 1 heterocycles. The molecule has 0 bridgehead atoms. The Labute approximate surface area is 166 Å². The minimum atomic E-state index is -4.65. The summed E-state index contributed by atoms with van der Waals surface area (Å²) in [6.07, 6.45) is -4.65. The van der Waals surface area contributed by atoms with Crippen LogP contribution in [0.1, 0.15) is 19.4 Å². The largest absolute Gasteiger partial charge is 0.465 e. The van der Waals surface area contributed by atoms with Crippen molar-refractivity contribution in [2.24, 2.45) is 5.92 Å². The molecule has 12 heteroatoms. The van der Waals surface area contributed by atoms with Crippen LogP contribution >= 0.6 is 34.2 Å². The number of carbonyl (C=O) groups is 1. The Morgan fingerprint density at radius 1 is 1.30 bits per heavy atom. The molecule has 1 aliphatic rings. The third-order valence-corrected chi connectivity index (χ3v) is 6.31. The van der Waals surface area contributed by atoms with Gasteiger partial charge in [-0.25, -0.2) is 0 Å². The van der Waals surface area contributed by atoms with E-state index in [9.17, 15) is 27.1 Å². The molecular weight excluding hydrogens is 432 g/mol. The molecule has 1 aromatic carbocycles. The summed E-state index contributed by atoms with van der Waals surface area (Å²) in [5, 5.41) is -0.750. The maximum absolute atomic E-state index is 12.9. The Morgan fingerprint density at radius 3 is 2.33 bits per heavy atom. The van der Waals surface area contributed by atoms with Crippen LogP contribution in [0, 0.1) is 5.92 Å². The molecule has 1 fully saturated rings. The van der Waals surface area contributed by atoms with Crippen molar-refractivity contribution in [3.8, 4) is 0 Å². The first-order valence-corrected chi connectivity index (χ1v) is 10.1. The van der Waals surface area contributed by atoms with Gasteiger partial charge in [0.25, 0.3) is 0 Å². The molecule has 1 atom stereocenters. The van der Waals surface area contributed by atoms with Gasteiger partial charge in [-0.15, -0.1) is 0 Å². The van der Waals surface area contributed by atoms with Gasteiger partial charge in [-0.2, -0.15) is 17.5 Å². The molecule has 0 amide bonds. The van der Waals surface area contributed by atoms with Crippen molar-refractivity contribution < 1.29 is 31.8 Å². The number of hydrogen-bond acceptors (Lipinski definition) is 6. The molecule has 0 aromatic heterocycles. The summed E-state index contributed by atoms with van der Waals surface area (Å²) in [5.41, 5.74) is -1.18. The number of ether oxygens (including phenoxy) is 1. The highest BCUT2D eigenvalue weighted by Gasteiger charge is 2.41. The molecule has 0 saturated carbocycles. The molecule has 154 valence electrons. The zero-order valence-electron chi connectivity index (χ0n) is 14.5. The Hall–Kier alpha value is -0.910. The lowest BCUT2D eigenvalue weighted by molar-refractivity contribution is -0.143. The smallest absolute Gasteiger partial charge is 0.416 e. The lowest BCUT2D eigenvalue weighted by Crippen LogP contribution is -2.51. The lowest BCUT2D eigenvalue weighted by atomic mass is 10.1. The highest BCUT2D eigenvalue weighted by Crippen LogP contribution is 2.56. The topological polar surface area (TPSA) is 73.2 Å². The van der Waals surface area contributed by atoms with Gasteiger partial charge < -0.3 is 4.74 Å². The van der Waals surface area contributed by atoms with Gasteiger partial charge in [0.1, 0.15) is 6.54 Å². The summed E-state index contributed by atoms with van der Waals surface area (Å²) in [4.78, 5) is 11.8. The quantitative estimate of drug-likeness (QED) is 0.634. The number of hydrogen-bond donors (Lipinski definition) is 2. The molecule has 2 N–H and O–H groups in total. The van der Waals surface area contributed by atoms with Crippen molar-refractivity contribution in [3.05, 3.63) is 27.7 Å². The number of anilines is 1. The monoisotopic (exact) mass is 450 g/mol. The minimum absolute atomic E-state index is 0.0759. The van der Waals surface area contributed by atoms with E-state index in [0.29, 0.717) is 12.1 Å².